The Kier molecular flexibility index (Phi) is 4.85. The Morgan fingerprint density at radius 1 is 1.24 bits per heavy atom. The van der Waals surface area contributed by atoms with Crippen LogP contribution in [0.4, 0.5) is 23.4 Å². The van der Waals surface area contributed by atoms with Crippen molar-refractivity contribution in [1.82, 2.24) is 24.6 Å². The minimum Gasteiger partial charge on any atom is -0.477 e. The summed E-state index contributed by atoms with van der Waals surface area (Å²) in [7, 11) is 3.16. The number of nitrogen functional groups attached to an aromatic ring is 1. The molecule has 1 amide bonds. The largest absolute Gasteiger partial charge is 0.477 e. The highest BCUT2D eigenvalue weighted by molar-refractivity contribution is 6.10. The van der Waals surface area contributed by atoms with Gasteiger partial charge in [0.05, 0.1) is 40.8 Å². The van der Waals surface area contributed by atoms with Crippen LogP contribution < -0.4 is 10.5 Å². The van der Waals surface area contributed by atoms with Crippen LogP contribution in [0.3, 0.4) is 0 Å². The summed E-state index contributed by atoms with van der Waals surface area (Å²) in [6.07, 6.45) is -2.79. The number of anilines is 1. The van der Waals surface area contributed by atoms with Crippen LogP contribution in [0.2, 0.25) is 0 Å². The predicted octanol–water partition coefficient (Wildman–Crippen LogP) is 3.85. The monoisotopic (exact) mass is 474 g/mol. The zero-order valence-electron chi connectivity index (χ0n) is 18.0. The topological polar surface area (TPSA) is 99.2 Å². The fraction of sp³-hybridized carbons (Fsp3) is 0.273. The Bertz CT molecular complexity index is 1470. The molecular weight excluding hydrogens is 456 g/mol. The van der Waals surface area contributed by atoms with Gasteiger partial charge in [0.2, 0.25) is 5.88 Å². The molecule has 0 unspecified atom stereocenters. The van der Waals surface area contributed by atoms with Crippen molar-refractivity contribution in [2.24, 2.45) is 7.05 Å². The van der Waals surface area contributed by atoms with Gasteiger partial charge >= 0.3 is 6.18 Å². The van der Waals surface area contributed by atoms with E-state index in [1.54, 1.807) is 11.7 Å². The van der Waals surface area contributed by atoms with Crippen molar-refractivity contribution in [3.05, 3.63) is 53.1 Å². The Morgan fingerprint density at radius 3 is 2.74 bits per heavy atom. The number of hydrogen-bond acceptors (Lipinski definition) is 6. The smallest absolute Gasteiger partial charge is 0.433 e. The van der Waals surface area contributed by atoms with E-state index in [0.717, 1.165) is 12.1 Å². The average Bonchev–Trinajstić information content (AvgIpc) is 3.19. The molecule has 0 saturated carbocycles. The van der Waals surface area contributed by atoms with E-state index in [9.17, 15) is 18.0 Å². The molecule has 1 aromatic carbocycles. The molecule has 4 aromatic rings. The SMILES string of the molecule is CN(C(=O)c1cc2c(cc1F)nc(N)c1cnn(C)c12)[C@@H]1CCOc2nc(C(F)(F)F)ccc21. The minimum absolute atomic E-state index is 0.0582. The number of nitrogens with two attached hydrogens (primary N) is 1. The first-order valence-corrected chi connectivity index (χ1v) is 10.2. The average molecular weight is 474 g/mol. The number of hydrogen-bond donors (Lipinski definition) is 1. The Labute approximate surface area is 189 Å². The molecule has 5 rings (SSSR count). The van der Waals surface area contributed by atoms with Gasteiger partial charge in [-0.15, -0.1) is 0 Å². The molecule has 34 heavy (non-hydrogen) atoms. The first-order valence-electron chi connectivity index (χ1n) is 10.2. The zero-order valence-corrected chi connectivity index (χ0v) is 18.0. The number of benzene rings is 1. The van der Waals surface area contributed by atoms with Crippen LogP contribution in [0.15, 0.2) is 30.5 Å². The van der Waals surface area contributed by atoms with Crippen LogP contribution in [-0.2, 0) is 13.2 Å². The number of carbonyl (C=O) groups excluding carboxylic acids is 1. The highest BCUT2D eigenvalue weighted by Gasteiger charge is 2.36. The number of aryl methyl sites for hydroxylation is 1. The molecule has 0 saturated heterocycles. The molecule has 3 aromatic heterocycles. The van der Waals surface area contributed by atoms with Gasteiger partial charge in [0.1, 0.15) is 17.3 Å². The van der Waals surface area contributed by atoms with E-state index >= 15 is 4.39 Å². The fourth-order valence-electron chi connectivity index (χ4n) is 4.28. The van der Waals surface area contributed by atoms with E-state index < -0.39 is 29.6 Å². The summed E-state index contributed by atoms with van der Waals surface area (Å²) in [6.45, 7) is 0.0582. The lowest BCUT2D eigenvalue weighted by Gasteiger charge is -2.33. The van der Waals surface area contributed by atoms with Gasteiger partial charge in [-0.25, -0.2) is 14.4 Å². The van der Waals surface area contributed by atoms with Crippen LogP contribution in [0.1, 0.15) is 34.1 Å². The molecule has 0 fully saturated rings. The third kappa shape index (κ3) is 3.37. The van der Waals surface area contributed by atoms with Crippen molar-refractivity contribution < 1.29 is 27.1 Å². The van der Waals surface area contributed by atoms with Crippen molar-refractivity contribution in [3.8, 4) is 5.88 Å². The van der Waals surface area contributed by atoms with Crippen molar-refractivity contribution in [2.45, 2.75) is 18.6 Å². The van der Waals surface area contributed by atoms with Gasteiger partial charge in [0, 0.05) is 37.5 Å². The summed E-state index contributed by atoms with van der Waals surface area (Å²) in [4.78, 5) is 22.4. The maximum atomic E-state index is 15.0. The second-order valence-corrected chi connectivity index (χ2v) is 8.03. The summed E-state index contributed by atoms with van der Waals surface area (Å²) in [5.41, 5.74) is 5.85. The summed E-state index contributed by atoms with van der Waals surface area (Å²) in [5.74, 6) is -1.45. The Morgan fingerprint density at radius 2 is 2.00 bits per heavy atom. The van der Waals surface area contributed by atoms with Crippen LogP contribution in [0.5, 0.6) is 5.88 Å². The first-order chi connectivity index (χ1) is 16.1. The molecule has 1 atom stereocenters. The molecule has 0 radical (unpaired) electrons. The van der Waals surface area contributed by atoms with Crippen molar-refractivity contribution >= 4 is 33.5 Å². The molecule has 2 N–H and O–H groups in total. The van der Waals surface area contributed by atoms with Crippen molar-refractivity contribution in [3.63, 3.8) is 0 Å². The highest BCUT2D eigenvalue weighted by atomic mass is 19.4. The van der Waals surface area contributed by atoms with Gasteiger partial charge in [-0.2, -0.15) is 18.3 Å². The highest BCUT2D eigenvalue weighted by Crippen LogP contribution is 2.38. The number of carbonyl (C=O) groups is 1. The van der Waals surface area contributed by atoms with Gasteiger partial charge in [-0.3, -0.25) is 9.48 Å². The van der Waals surface area contributed by atoms with Gasteiger partial charge in [0.25, 0.3) is 5.91 Å². The number of alkyl halides is 3. The number of halogens is 4. The predicted molar refractivity (Wildman–Crippen MR) is 115 cm³/mol. The number of nitrogens with zero attached hydrogens (tertiary/aromatic N) is 5. The molecule has 1 aliphatic rings. The maximum absolute atomic E-state index is 15.0. The van der Waals surface area contributed by atoms with E-state index in [-0.39, 0.29) is 29.4 Å². The number of aromatic nitrogens is 4. The third-order valence-electron chi connectivity index (χ3n) is 5.98. The van der Waals surface area contributed by atoms with Crippen LogP contribution in [0.25, 0.3) is 21.8 Å². The van der Waals surface area contributed by atoms with Gasteiger partial charge in [0.15, 0.2) is 0 Å². The minimum atomic E-state index is -4.63. The number of amides is 1. The summed E-state index contributed by atoms with van der Waals surface area (Å²) in [5, 5.41) is 5.23. The van der Waals surface area contributed by atoms with Crippen LogP contribution in [0, 0.1) is 5.82 Å². The Balaban J connectivity index is 1.56. The Hall–Kier alpha value is -3.96. The van der Waals surface area contributed by atoms with E-state index in [2.05, 4.69) is 15.1 Å². The summed E-state index contributed by atoms with van der Waals surface area (Å²) < 4.78 is 61.0. The zero-order chi connectivity index (χ0) is 24.4. The lowest BCUT2D eigenvalue weighted by molar-refractivity contribution is -0.141. The molecule has 0 bridgehead atoms. The fourth-order valence-corrected chi connectivity index (χ4v) is 4.28. The van der Waals surface area contributed by atoms with Gasteiger partial charge in [-0.05, 0) is 18.2 Å². The third-order valence-corrected chi connectivity index (χ3v) is 5.98. The molecule has 8 nitrogen and oxygen atoms in total. The maximum Gasteiger partial charge on any atom is 0.433 e. The van der Waals surface area contributed by atoms with Crippen molar-refractivity contribution in [2.75, 3.05) is 19.4 Å². The van der Waals surface area contributed by atoms with Gasteiger partial charge < -0.3 is 15.4 Å². The van der Waals surface area contributed by atoms with Crippen LogP contribution >= 0.6 is 0 Å². The molecule has 4 heterocycles. The second-order valence-electron chi connectivity index (χ2n) is 8.03. The summed E-state index contributed by atoms with van der Waals surface area (Å²) in [6, 6.07) is 3.95. The van der Waals surface area contributed by atoms with Gasteiger partial charge in [-0.1, -0.05) is 0 Å². The van der Waals surface area contributed by atoms with E-state index in [1.165, 1.54) is 30.3 Å². The molecule has 176 valence electrons. The summed E-state index contributed by atoms with van der Waals surface area (Å²) >= 11 is 0. The number of rotatable bonds is 2. The molecule has 12 heteroatoms. The quantitative estimate of drug-likeness (QED) is 0.443. The normalized spacial score (nSPS) is 15.9. The molecule has 0 spiro atoms. The van der Waals surface area contributed by atoms with E-state index in [1.807, 2.05) is 0 Å². The number of ether oxygens (including phenoxy) is 1. The number of fused-ring (bicyclic) bond motifs is 4. The second kappa shape index (κ2) is 7.54. The van der Waals surface area contributed by atoms with E-state index in [4.69, 9.17) is 10.5 Å². The standard InChI is InChI=1S/C22H18F4N6O2/c1-31(16-5-6-34-20-10(16)3-4-17(30-20)22(24,25)26)21(33)11-7-12-15(8-14(11)23)29-19(27)13-9-28-32(2)18(12)13/h3-4,7-9,16H,5-6H2,1-2H3,(H2,27,29)/t16-/m1/s1. The van der Waals surface area contributed by atoms with Crippen molar-refractivity contribution in [1.29, 1.82) is 0 Å². The first kappa shape index (κ1) is 21.9. The van der Waals surface area contributed by atoms with E-state index in [0.29, 0.717) is 28.3 Å². The molecule has 0 aliphatic carbocycles. The van der Waals surface area contributed by atoms with Crippen LogP contribution in [-0.4, -0.2) is 44.2 Å². The molecular formula is C22H18F4N6O2. The lowest BCUT2D eigenvalue weighted by Crippen LogP contribution is -2.35. The molecule has 1 aliphatic heterocycles. The lowest BCUT2D eigenvalue weighted by atomic mass is 9.99. The number of pyridine rings is 2.